The van der Waals surface area contributed by atoms with E-state index in [1.807, 2.05) is 6.92 Å². The van der Waals surface area contributed by atoms with Crippen molar-refractivity contribution in [1.82, 2.24) is 0 Å². The molecule has 0 spiro atoms. The lowest BCUT2D eigenvalue weighted by Crippen LogP contribution is -2.33. The van der Waals surface area contributed by atoms with Gasteiger partial charge in [0.05, 0.1) is 11.7 Å². The molecule has 3 nitrogen and oxygen atoms in total. The van der Waals surface area contributed by atoms with Gasteiger partial charge in [-0.3, -0.25) is 4.79 Å². The smallest absolute Gasteiger partial charge is 0.365 e. The van der Waals surface area contributed by atoms with E-state index in [4.69, 9.17) is 4.74 Å². The quantitative estimate of drug-likeness (QED) is 0.851. The Morgan fingerprint density at radius 3 is 2.57 bits per heavy atom. The summed E-state index contributed by atoms with van der Waals surface area (Å²) in [5.74, 6) is -0.392. The van der Waals surface area contributed by atoms with E-state index in [0.717, 1.165) is 31.7 Å². The van der Waals surface area contributed by atoms with Crippen LogP contribution in [0.3, 0.4) is 0 Å². The van der Waals surface area contributed by atoms with Gasteiger partial charge in [-0.05, 0) is 43.9 Å². The Kier molecular flexibility index (Phi) is 5.68. The molecule has 0 saturated heterocycles. The summed E-state index contributed by atoms with van der Waals surface area (Å²) < 4.78 is 44.6. The maximum absolute atomic E-state index is 12.9. The average molecular weight is 329 g/mol. The van der Waals surface area contributed by atoms with Gasteiger partial charge in [-0.1, -0.05) is 25.8 Å². The van der Waals surface area contributed by atoms with E-state index < -0.39 is 23.8 Å². The van der Waals surface area contributed by atoms with E-state index in [1.54, 1.807) is 0 Å². The molecule has 0 aliphatic heterocycles. The number of hydrogen-bond donors (Lipinski definition) is 1. The lowest BCUT2D eigenvalue weighted by molar-refractivity contribution is -0.138. The molecule has 1 aliphatic rings. The van der Waals surface area contributed by atoms with Crippen LogP contribution in [-0.4, -0.2) is 18.1 Å². The first-order chi connectivity index (χ1) is 10.8. The summed E-state index contributed by atoms with van der Waals surface area (Å²) in [5.41, 5.74) is -0.466. The first kappa shape index (κ1) is 17.8. The van der Waals surface area contributed by atoms with Crippen LogP contribution in [0.5, 0.6) is 0 Å². The highest BCUT2D eigenvalue weighted by atomic mass is 19.4. The molecule has 128 valence electrons. The van der Waals surface area contributed by atoms with Crippen molar-refractivity contribution >= 4 is 11.6 Å². The van der Waals surface area contributed by atoms with E-state index in [1.165, 1.54) is 19.1 Å². The van der Waals surface area contributed by atoms with Gasteiger partial charge in [-0.25, -0.2) is 0 Å². The highest BCUT2D eigenvalue weighted by molar-refractivity contribution is 5.94. The topological polar surface area (TPSA) is 38.3 Å². The zero-order valence-corrected chi connectivity index (χ0v) is 13.4. The predicted octanol–water partition coefficient (Wildman–Crippen LogP) is 4.69. The minimum absolute atomic E-state index is 0.0782. The molecule has 1 unspecified atom stereocenters. The normalized spacial score (nSPS) is 17.3. The van der Waals surface area contributed by atoms with Gasteiger partial charge >= 0.3 is 6.18 Å². The van der Waals surface area contributed by atoms with Crippen LogP contribution in [0, 0.1) is 6.92 Å². The number of rotatable bonds is 5. The lowest BCUT2D eigenvalue weighted by atomic mass is 10.1. The number of hydrogen-bond acceptors (Lipinski definition) is 2. The third-order valence-corrected chi connectivity index (χ3v) is 4.13. The summed E-state index contributed by atoms with van der Waals surface area (Å²) >= 11 is 0. The molecule has 0 bridgehead atoms. The highest BCUT2D eigenvalue weighted by Gasteiger charge is 2.33. The molecule has 0 radical (unpaired) electrons. The van der Waals surface area contributed by atoms with Gasteiger partial charge in [0.25, 0.3) is 5.91 Å². The molecule has 1 aromatic rings. The maximum atomic E-state index is 12.9. The molecule has 6 heteroatoms. The van der Waals surface area contributed by atoms with E-state index in [-0.39, 0.29) is 17.4 Å². The van der Waals surface area contributed by atoms with Crippen molar-refractivity contribution in [2.45, 2.75) is 64.3 Å². The summed E-state index contributed by atoms with van der Waals surface area (Å²) in [6.07, 6.45) is -0.442. The standard InChI is InChI=1S/C17H22F3NO2/c1-3-15(23-13-6-4-5-7-13)16(22)21-12-9-8-11(2)14(10-12)17(18,19)20/h8-10,13,15H,3-7H2,1-2H3,(H,21,22). The number of carbonyl (C=O) groups excluding carboxylic acids is 1. The number of ether oxygens (including phenoxy) is 1. The Labute approximate surface area is 134 Å². The van der Waals surface area contributed by atoms with Gasteiger partial charge < -0.3 is 10.1 Å². The van der Waals surface area contributed by atoms with Gasteiger partial charge in [0.2, 0.25) is 0 Å². The van der Waals surface area contributed by atoms with Gasteiger partial charge in [0.1, 0.15) is 6.10 Å². The fourth-order valence-electron chi connectivity index (χ4n) is 2.83. The second-order valence-corrected chi connectivity index (χ2v) is 5.96. The molecule has 1 fully saturated rings. The van der Waals surface area contributed by atoms with Crippen LogP contribution in [-0.2, 0) is 15.7 Å². The molecule has 1 aliphatic carbocycles. The second-order valence-electron chi connectivity index (χ2n) is 5.96. The summed E-state index contributed by atoms with van der Waals surface area (Å²) in [6.45, 7) is 3.22. The van der Waals surface area contributed by atoms with Crippen molar-refractivity contribution in [3.05, 3.63) is 29.3 Å². The summed E-state index contributed by atoms with van der Waals surface area (Å²) in [7, 11) is 0. The second kappa shape index (κ2) is 7.34. The van der Waals surface area contributed by atoms with Crippen LogP contribution in [0.4, 0.5) is 18.9 Å². The molecule has 1 N–H and O–H groups in total. The van der Waals surface area contributed by atoms with Gasteiger partial charge in [-0.2, -0.15) is 13.2 Å². The Bertz CT molecular complexity index is 551. The number of aryl methyl sites for hydroxylation is 1. The number of anilines is 1. The van der Waals surface area contributed by atoms with Crippen molar-refractivity contribution in [3.8, 4) is 0 Å². The van der Waals surface area contributed by atoms with E-state index in [2.05, 4.69) is 5.32 Å². The van der Waals surface area contributed by atoms with Crippen molar-refractivity contribution in [2.75, 3.05) is 5.32 Å². The number of benzene rings is 1. The van der Waals surface area contributed by atoms with Crippen LogP contribution >= 0.6 is 0 Å². The van der Waals surface area contributed by atoms with Gasteiger partial charge in [0, 0.05) is 5.69 Å². The van der Waals surface area contributed by atoms with Crippen LogP contribution in [0.15, 0.2) is 18.2 Å². The van der Waals surface area contributed by atoms with E-state index in [0.29, 0.717) is 6.42 Å². The summed E-state index contributed by atoms with van der Waals surface area (Å²) in [5, 5.41) is 2.54. The Balaban J connectivity index is 2.06. The summed E-state index contributed by atoms with van der Waals surface area (Å²) in [4.78, 5) is 12.3. The molecular weight excluding hydrogens is 307 g/mol. The van der Waals surface area contributed by atoms with Gasteiger partial charge in [0.15, 0.2) is 0 Å². The largest absolute Gasteiger partial charge is 0.416 e. The predicted molar refractivity (Wildman–Crippen MR) is 82.2 cm³/mol. The molecule has 1 saturated carbocycles. The molecule has 1 atom stereocenters. The fourth-order valence-corrected chi connectivity index (χ4v) is 2.83. The zero-order valence-electron chi connectivity index (χ0n) is 13.4. The number of nitrogens with one attached hydrogen (secondary N) is 1. The number of amides is 1. The van der Waals surface area contributed by atoms with Crippen molar-refractivity contribution < 1.29 is 22.7 Å². The average Bonchev–Trinajstić information content (AvgIpc) is 2.98. The molecule has 0 aromatic heterocycles. The minimum Gasteiger partial charge on any atom is -0.365 e. The Morgan fingerprint density at radius 1 is 1.35 bits per heavy atom. The van der Waals surface area contributed by atoms with Crippen molar-refractivity contribution in [3.63, 3.8) is 0 Å². The van der Waals surface area contributed by atoms with E-state index in [9.17, 15) is 18.0 Å². The molecule has 1 aromatic carbocycles. The molecule has 0 heterocycles. The highest BCUT2D eigenvalue weighted by Crippen LogP contribution is 2.33. The maximum Gasteiger partial charge on any atom is 0.416 e. The van der Waals surface area contributed by atoms with Crippen molar-refractivity contribution in [2.24, 2.45) is 0 Å². The summed E-state index contributed by atoms with van der Waals surface area (Å²) in [6, 6.07) is 3.80. The molecular formula is C17H22F3NO2. The first-order valence-electron chi connectivity index (χ1n) is 7.95. The zero-order chi connectivity index (χ0) is 17.0. The first-order valence-corrected chi connectivity index (χ1v) is 7.95. The van der Waals surface area contributed by atoms with Crippen LogP contribution in [0.2, 0.25) is 0 Å². The van der Waals surface area contributed by atoms with Crippen molar-refractivity contribution in [1.29, 1.82) is 0 Å². The molecule has 23 heavy (non-hydrogen) atoms. The fraction of sp³-hybridized carbons (Fsp3) is 0.588. The number of carbonyl (C=O) groups is 1. The molecule has 1 amide bonds. The van der Waals surface area contributed by atoms with Crippen LogP contribution < -0.4 is 5.32 Å². The monoisotopic (exact) mass is 329 g/mol. The Morgan fingerprint density at radius 2 is 2.00 bits per heavy atom. The third-order valence-electron chi connectivity index (χ3n) is 4.13. The Hall–Kier alpha value is -1.56. The van der Waals surface area contributed by atoms with E-state index >= 15 is 0 Å². The SMILES string of the molecule is CCC(OC1CCCC1)C(=O)Nc1ccc(C)c(C(F)(F)F)c1. The van der Waals surface area contributed by atoms with Crippen LogP contribution in [0.1, 0.15) is 50.2 Å². The minimum atomic E-state index is -4.44. The molecule has 2 rings (SSSR count). The third kappa shape index (κ3) is 4.70. The number of alkyl halides is 3. The van der Waals surface area contributed by atoms with Gasteiger partial charge in [-0.15, -0.1) is 0 Å². The van der Waals surface area contributed by atoms with Crippen LogP contribution in [0.25, 0.3) is 0 Å². The lowest BCUT2D eigenvalue weighted by Gasteiger charge is -2.21. The number of halogens is 3.